The maximum absolute atomic E-state index is 13.0. The number of hydrogen-bond acceptors (Lipinski definition) is 8. The van der Waals surface area contributed by atoms with E-state index in [9.17, 15) is 19.5 Å². The van der Waals surface area contributed by atoms with Crippen LogP contribution in [0.3, 0.4) is 0 Å². The molecule has 107 heavy (non-hydrogen) atoms. The van der Waals surface area contributed by atoms with Crippen LogP contribution in [0.4, 0.5) is 0 Å². The molecule has 0 saturated heterocycles. The largest absolute Gasteiger partial charge is 0.545 e. The van der Waals surface area contributed by atoms with Gasteiger partial charge < -0.3 is 33.3 Å². The molecule has 0 bridgehead atoms. The van der Waals surface area contributed by atoms with Crippen LogP contribution in [0, 0.1) is 0 Å². The summed E-state index contributed by atoms with van der Waals surface area (Å²) in [6.45, 7) is 4.55. The van der Waals surface area contributed by atoms with Gasteiger partial charge in [-0.15, -0.1) is 0 Å². The zero-order chi connectivity index (χ0) is 77.4. The van der Waals surface area contributed by atoms with Gasteiger partial charge in [0, 0.05) is 12.8 Å². The van der Waals surface area contributed by atoms with Crippen molar-refractivity contribution in [2.75, 3.05) is 47.5 Å². The Morgan fingerprint density at radius 3 is 0.748 bits per heavy atom. The van der Waals surface area contributed by atoms with Crippen molar-refractivity contribution >= 4 is 17.9 Å². The number of rotatable bonds is 81. The normalized spacial score (nSPS) is 13.5. The summed E-state index contributed by atoms with van der Waals surface area (Å²) >= 11 is 0. The number of nitrogens with zero attached hydrogens (tertiary/aromatic N) is 1. The van der Waals surface area contributed by atoms with Crippen molar-refractivity contribution in [1.29, 1.82) is 0 Å². The smallest absolute Gasteiger partial charge is 0.306 e. The molecule has 0 aromatic rings. The minimum atomic E-state index is -1.63. The number of carboxylic acid groups (broad SMARTS) is 1. The molecule has 0 amide bonds. The van der Waals surface area contributed by atoms with E-state index in [1.54, 1.807) is 0 Å². The van der Waals surface area contributed by atoms with Crippen molar-refractivity contribution in [1.82, 2.24) is 0 Å². The van der Waals surface area contributed by atoms with Crippen LogP contribution in [0.15, 0.2) is 170 Å². The lowest BCUT2D eigenvalue weighted by Crippen LogP contribution is -2.44. The van der Waals surface area contributed by atoms with Gasteiger partial charge in [0.05, 0.1) is 40.3 Å². The monoisotopic (exact) mass is 1480 g/mol. The molecule has 0 aliphatic heterocycles. The molecule has 0 spiro atoms. The number of hydrogen-bond donors (Lipinski definition) is 0. The summed E-state index contributed by atoms with van der Waals surface area (Å²) in [6.07, 6.45) is 126. The average Bonchev–Trinajstić information content (AvgIpc) is 0.928. The zero-order valence-electron chi connectivity index (χ0n) is 70.0. The zero-order valence-corrected chi connectivity index (χ0v) is 70.0. The van der Waals surface area contributed by atoms with E-state index in [0.717, 1.165) is 122 Å². The molecule has 0 heterocycles. The highest BCUT2D eigenvalue weighted by Crippen LogP contribution is 2.19. The summed E-state index contributed by atoms with van der Waals surface area (Å²) in [5.41, 5.74) is 0. The van der Waals surface area contributed by atoms with Crippen LogP contribution in [0.25, 0.3) is 0 Å². The minimum Gasteiger partial charge on any atom is -0.545 e. The number of carbonyl (C=O) groups is 3. The Morgan fingerprint density at radius 2 is 0.505 bits per heavy atom. The summed E-state index contributed by atoms with van der Waals surface area (Å²) in [6, 6.07) is 0. The molecule has 0 radical (unpaired) electrons. The predicted molar refractivity (Wildman–Crippen MR) is 462 cm³/mol. The van der Waals surface area contributed by atoms with Gasteiger partial charge in [-0.05, 0) is 128 Å². The van der Waals surface area contributed by atoms with E-state index in [2.05, 4.69) is 184 Å². The molecule has 0 aromatic heterocycles. The van der Waals surface area contributed by atoms with Gasteiger partial charge >= 0.3 is 11.9 Å². The Balaban J connectivity index is 3.98. The van der Waals surface area contributed by atoms with E-state index < -0.39 is 24.3 Å². The van der Waals surface area contributed by atoms with E-state index in [1.165, 1.54) is 218 Å². The molecule has 0 aliphatic carbocycles. The number of likely N-dealkylation sites (N-methyl/N-ethyl adjacent to an activating group) is 1. The van der Waals surface area contributed by atoms with Gasteiger partial charge in [-0.3, -0.25) is 9.59 Å². The SMILES string of the molecule is CC/C=C\C/C=C\C/C=C\C/C=C\C/C=C\C/C=C\C/C=C\CCCCCCCCCCCCCCCCCCCCCC(=O)OCC(COC(OCC[N+](C)(C)C)C(=O)[O-])OC(=O)CCCCCCCCCCCCCCCCCCCCC/C=C\C/C=C\C/C=C\C/C=C\C/C=C\C/C=C\C/C=C\CC. The fourth-order valence-electron chi connectivity index (χ4n) is 12.3. The van der Waals surface area contributed by atoms with Gasteiger partial charge in [-0.2, -0.15) is 0 Å². The van der Waals surface area contributed by atoms with E-state index >= 15 is 0 Å². The highest BCUT2D eigenvalue weighted by atomic mass is 16.7. The van der Waals surface area contributed by atoms with E-state index in [1.807, 2.05) is 21.1 Å². The molecular formula is C98H165NO8. The van der Waals surface area contributed by atoms with Gasteiger partial charge in [0.25, 0.3) is 0 Å². The van der Waals surface area contributed by atoms with Crippen LogP contribution in [0.1, 0.15) is 373 Å². The number of aliphatic carboxylic acids is 1. The van der Waals surface area contributed by atoms with Gasteiger partial charge in [0.2, 0.25) is 0 Å². The second-order valence-corrected chi connectivity index (χ2v) is 30.4. The first-order chi connectivity index (χ1) is 52.6. The van der Waals surface area contributed by atoms with Crippen molar-refractivity contribution in [3.05, 3.63) is 170 Å². The third-order valence-corrected chi connectivity index (χ3v) is 19.0. The fraction of sp³-hybridized carbons (Fsp3) is 0.684. The Labute approximate surface area is 660 Å². The van der Waals surface area contributed by atoms with Gasteiger partial charge in [-0.1, -0.05) is 402 Å². The minimum absolute atomic E-state index is 0.145. The van der Waals surface area contributed by atoms with E-state index in [4.69, 9.17) is 18.9 Å². The molecule has 2 atom stereocenters. The summed E-state index contributed by atoms with van der Waals surface area (Å²) < 4.78 is 22.9. The Bertz CT molecular complexity index is 2380. The van der Waals surface area contributed by atoms with Crippen molar-refractivity contribution in [3.8, 4) is 0 Å². The fourth-order valence-corrected chi connectivity index (χ4v) is 12.3. The van der Waals surface area contributed by atoms with Crippen LogP contribution < -0.4 is 5.11 Å². The molecule has 0 fully saturated rings. The molecule has 9 heteroatoms. The highest BCUT2D eigenvalue weighted by Gasteiger charge is 2.22. The Hall–Kier alpha value is -5.35. The molecule has 0 rings (SSSR count). The quantitative estimate of drug-likeness (QED) is 0.0195. The summed E-state index contributed by atoms with van der Waals surface area (Å²) in [4.78, 5) is 37.7. The number of quaternary nitrogens is 1. The van der Waals surface area contributed by atoms with Crippen LogP contribution in [0.2, 0.25) is 0 Å². The number of carbonyl (C=O) groups excluding carboxylic acids is 3. The van der Waals surface area contributed by atoms with Gasteiger partial charge in [0.1, 0.15) is 13.2 Å². The number of allylic oxidation sites excluding steroid dienone is 28. The summed E-state index contributed by atoms with van der Waals surface area (Å²) in [7, 11) is 5.94. The van der Waals surface area contributed by atoms with E-state index in [-0.39, 0.29) is 38.6 Å². The highest BCUT2D eigenvalue weighted by molar-refractivity contribution is 5.70. The van der Waals surface area contributed by atoms with Crippen LogP contribution >= 0.6 is 0 Å². The van der Waals surface area contributed by atoms with Crippen molar-refractivity contribution in [2.24, 2.45) is 0 Å². The first-order valence-corrected chi connectivity index (χ1v) is 44.3. The van der Waals surface area contributed by atoms with Gasteiger partial charge in [0.15, 0.2) is 12.4 Å². The number of unbranched alkanes of at least 4 members (excludes halogenated alkanes) is 38. The molecule has 2 unspecified atom stereocenters. The maximum atomic E-state index is 13.0. The standard InChI is InChI=1S/C98H165NO8/c1-6-8-10-12-14-16-18-20-22-24-26-28-30-32-34-36-38-40-42-44-46-48-50-52-54-56-58-60-62-64-66-68-70-72-74-76-78-80-82-84-86-88-95(100)105-92-94(93-106-98(97(102)103)104-91-90-99(3,4)5)107-96(101)89-87-85-83-81-79-77-75-73-71-69-67-65-63-61-59-57-55-53-51-49-47-45-43-41-39-37-35-33-31-29-27-25-23-21-19-17-15-13-11-9-7-2/h8-11,14-17,20-23,26-29,32-35,38-41,44-47,94,98H,6-7,12-13,18-19,24-25,30-31,36-37,42-43,48-93H2,1-5H3/b10-8-,11-9-,16-14-,17-15-,22-20-,23-21-,28-26-,29-27-,34-32-,35-33-,40-38-,41-39-,46-44-,47-45-. The van der Waals surface area contributed by atoms with Crippen LogP contribution in [-0.2, 0) is 33.3 Å². The maximum Gasteiger partial charge on any atom is 0.306 e. The lowest BCUT2D eigenvalue weighted by molar-refractivity contribution is -0.870. The van der Waals surface area contributed by atoms with Gasteiger partial charge in [-0.25, -0.2) is 0 Å². The van der Waals surface area contributed by atoms with Crippen LogP contribution in [0.5, 0.6) is 0 Å². The Kier molecular flexibility index (Phi) is 81.9. The first-order valence-electron chi connectivity index (χ1n) is 44.3. The summed E-state index contributed by atoms with van der Waals surface area (Å²) in [5.74, 6) is -2.27. The van der Waals surface area contributed by atoms with Crippen LogP contribution in [-0.4, -0.2) is 82.3 Å². The summed E-state index contributed by atoms with van der Waals surface area (Å²) in [5, 5.41) is 11.9. The lowest BCUT2D eigenvalue weighted by Gasteiger charge is -2.26. The number of ether oxygens (including phenoxy) is 4. The van der Waals surface area contributed by atoms with Crippen molar-refractivity contribution in [3.63, 3.8) is 0 Å². The second kappa shape index (κ2) is 86.2. The molecule has 0 aromatic carbocycles. The van der Waals surface area contributed by atoms with Crippen molar-refractivity contribution < 1.29 is 42.9 Å². The average molecular weight is 1490 g/mol. The molecule has 0 saturated carbocycles. The predicted octanol–water partition coefficient (Wildman–Crippen LogP) is 27.9. The van der Waals surface area contributed by atoms with Crippen molar-refractivity contribution in [2.45, 2.75) is 386 Å². The second-order valence-electron chi connectivity index (χ2n) is 30.4. The Morgan fingerprint density at radius 1 is 0.280 bits per heavy atom. The topological polar surface area (TPSA) is 111 Å². The molecule has 0 aliphatic rings. The first kappa shape index (κ1) is 102. The third-order valence-electron chi connectivity index (χ3n) is 19.0. The number of carboxylic acids is 1. The molecule has 9 nitrogen and oxygen atoms in total. The lowest BCUT2D eigenvalue weighted by atomic mass is 10.0. The molecule has 610 valence electrons. The van der Waals surface area contributed by atoms with E-state index in [0.29, 0.717) is 17.4 Å². The number of esters is 2. The molecule has 0 N–H and O–H groups in total. The molecular weight excluding hydrogens is 1320 g/mol. The third kappa shape index (κ3) is 87.8.